The number of fused-ring (bicyclic) bond motifs is 1. The first kappa shape index (κ1) is 17.9. The Bertz CT molecular complexity index is 870. The number of benzene rings is 2. The normalized spacial score (nSPS) is 19.9. The molecule has 4 heteroatoms. The molecule has 4 nitrogen and oxygen atoms in total. The molecule has 0 saturated heterocycles. The molecular weight excluding hydrogens is 338 g/mol. The van der Waals surface area contributed by atoms with Crippen molar-refractivity contribution in [1.29, 1.82) is 0 Å². The topological polar surface area (TPSA) is 57.6 Å². The van der Waals surface area contributed by atoms with Crippen LogP contribution in [-0.4, -0.2) is 21.8 Å². The predicted octanol–water partition coefficient (Wildman–Crippen LogP) is 4.59. The van der Waals surface area contributed by atoms with Crippen molar-refractivity contribution in [2.75, 3.05) is 0 Å². The summed E-state index contributed by atoms with van der Waals surface area (Å²) >= 11 is 0. The molecule has 1 N–H and O–H groups in total. The Morgan fingerprint density at radius 1 is 0.963 bits per heavy atom. The minimum absolute atomic E-state index is 0.237. The van der Waals surface area contributed by atoms with Crippen molar-refractivity contribution in [1.82, 2.24) is 4.90 Å². The van der Waals surface area contributed by atoms with Gasteiger partial charge < -0.3 is 5.11 Å². The minimum atomic E-state index is -1.64. The molecule has 2 aromatic rings. The second kappa shape index (κ2) is 6.93. The number of hydrogen-bond acceptors (Lipinski definition) is 3. The number of carbonyl (C=O) groups excluding carboxylic acids is 2. The van der Waals surface area contributed by atoms with Crippen LogP contribution in [0.2, 0.25) is 0 Å². The molecule has 1 fully saturated rings. The molecule has 2 amide bonds. The highest BCUT2D eigenvalue weighted by atomic mass is 16.3. The summed E-state index contributed by atoms with van der Waals surface area (Å²) in [6, 6.07) is 14.5. The van der Waals surface area contributed by atoms with Crippen molar-refractivity contribution in [3.05, 3.63) is 70.8 Å². The Kier molecular flexibility index (Phi) is 4.60. The van der Waals surface area contributed by atoms with Crippen LogP contribution in [0.5, 0.6) is 0 Å². The van der Waals surface area contributed by atoms with Crippen molar-refractivity contribution < 1.29 is 14.7 Å². The summed E-state index contributed by atoms with van der Waals surface area (Å²) < 4.78 is 0. The van der Waals surface area contributed by atoms with E-state index in [1.165, 1.54) is 6.42 Å². The van der Waals surface area contributed by atoms with E-state index >= 15 is 0 Å². The van der Waals surface area contributed by atoms with E-state index in [0.29, 0.717) is 22.6 Å². The molecule has 0 radical (unpaired) electrons. The van der Waals surface area contributed by atoms with Gasteiger partial charge >= 0.3 is 0 Å². The third kappa shape index (κ3) is 2.79. The van der Waals surface area contributed by atoms with Gasteiger partial charge in [0.25, 0.3) is 11.8 Å². The van der Waals surface area contributed by atoms with Crippen molar-refractivity contribution in [2.45, 2.75) is 57.1 Å². The van der Waals surface area contributed by atoms with Gasteiger partial charge in [0.05, 0.1) is 11.1 Å². The van der Waals surface area contributed by atoms with Gasteiger partial charge in [-0.25, -0.2) is 4.90 Å². The number of carbonyl (C=O) groups is 2. The van der Waals surface area contributed by atoms with Crippen molar-refractivity contribution in [2.24, 2.45) is 0 Å². The Labute approximate surface area is 159 Å². The molecule has 0 aromatic heterocycles. The first-order chi connectivity index (χ1) is 13.1. The molecule has 1 aliphatic carbocycles. The van der Waals surface area contributed by atoms with Crippen LogP contribution >= 0.6 is 0 Å². The molecule has 27 heavy (non-hydrogen) atoms. The van der Waals surface area contributed by atoms with Crippen LogP contribution in [0.3, 0.4) is 0 Å². The largest absolute Gasteiger partial charge is 0.366 e. The molecule has 4 rings (SSSR count). The second-order valence-corrected chi connectivity index (χ2v) is 7.59. The highest BCUT2D eigenvalue weighted by Crippen LogP contribution is 2.42. The molecule has 2 aliphatic rings. The van der Waals surface area contributed by atoms with Gasteiger partial charge in [-0.2, -0.15) is 0 Å². The van der Waals surface area contributed by atoms with Gasteiger partial charge in [-0.1, -0.05) is 68.7 Å². The van der Waals surface area contributed by atoms with E-state index in [1.807, 2.05) is 30.3 Å². The lowest BCUT2D eigenvalue weighted by atomic mass is 9.81. The molecule has 2 aromatic carbocycles. The summed E-state index contributed by atoms with van der Waals surface area (Å²) in [7, 11) is 0. The maximum atomic E-state index is 13.4. The van der Waals surface area contributed by atoms with Crippen molar-refractivity contribution in [3.8, 4) is 0 Å². The van der Waals surface area contributed by atoms with Crippen LogP contribution in [0.25, 0.3) is 0 Å². The van der Waals surface area contributed by atoms with Gasteiger partial charge in [0.15, 0.2) is 5.72 Å². The average Bonchev–Trinajstić information content (AvgIpc) is 2.99. The number of rotatable bonds is 4. The molecule has 1 unspecified atom stereocenters. The lowest BCUT2D eigenvalue weighted by Gasteiger charge is -2.35. The minimum Gasteiger partial charge on any atom is -0.366 e. The first-order valence-corrected chi connectivity index (χ1v) is 9.87. The molecule has 0 spiro atoms. The van der Waals surface area contributed by atoms with Gasteiger partial charge in [-0.05, 0) is 36.8 Å². The Morgan fingerprint density at radius 2 is 1.67 bits per heavy atom. The molecule has 0 bridgehead atoms. The fourth-order valence-corrected chi connectivity index (χ4v) is 4.60. The third-order valence-corrected chi connectivity index (χ3v) is 6.09. The molecular formula is C23H25NO3. The van der Waals surface area contributed by atoms with E-state index in [-0.39, 0.29) is 12.3 Å². The SMILES string of the molecule is CCC(O)(c1ccccc1)N1C(=O)c2cccc(C3CCCCC3)c2C1=O. The quantitative estimate of drug-likeness (QED) is 0.809. The van der Waals surface area contributed by atoms with E-state index in [4.69, 9.17) is 0 Å². The van der Waals surface area contributed by atoms with Gasteiger partial charge in [0.1, 0.15) is 0 Å². The summed E-state index contributed by atoms with van der Waals surface area (Å²) in [5.74, 6) is -0.456. The first-order valence-electron chi connectivity index (χ1n) is 9.87. The van der Waals surface area contributed by atoms with Crippen LogP contribution in [0, 0.1) is 0 Å². The molecule has 1 heterocycles. The number of aliphatic hydroxyl groups is 1. The lowest BCUT2D eigenvalue weighted by Crippen LogP contribution is -2.49. The summed E-state index contributed by atoms with van der Waals surface area (Å²) in [5.41, 5.74) is 0.807. The molecule has 1 atom stereocenters. The number of nitrogens with zero attached hydrogens (tertiary/aromatic N) is 1. The van der Waals surface area contributed by atoms with E-state index in [9.17, 15) is 14.7 Å². The van der Waals surface area contributed by atoms with Crippen LogP contribution in [0.15, 0.2) is 48.5 Å². The highest BCUT2D eigenvalue weighted by Gasteiger charge is 2.49. The standard InChI is InChI=1S/C23H25NO3/c1-2-23(27,17-12-7-4-8-13-17)24-21(25)19-15-9-14-18(20(19)22(24)26)16-10-5-3-6-11-16/h4,7-9,12-16,27H,2-3,5-6,10-11H2,1H3. The molecule has 140 valence electrons. The summed E-state index contributed by atoms with van der Waals surface area (Å²) in [6.45, 7) is 1.79. The smallest absolute Gasteiger partial charge is 0.264 e. The van der Waals surface area contributed by atoms with Crippen LogP contribution in [0.1, 0.15) is 83.2 Å². The van der Waals surface area contributed by atoms with E-state index in [0.717, 1.165) is 36.1 Å². The highest BCUT2D eigenvalue weighted by molar-refractivity contribution is 6.22. The second-order valence-electron chi connectivity index (χ2n) is 7.59. The van der Waals surface area contributed by atoms with E-state index < -0.39 is 11.6 Å². The van der Waals surface area contributed by atoms with Crippen molar-refractivity contribution >= 4 is 11.8 Å². The zero-order valence-corrected chi connectivity index (χ0v) is 15.6. The Morgan fingerprint density at radius 3 is 2.33 bits per heavy atom. The monoisotopic (exact) mass is 363 g/mol. The van der Waals surface area contributed by atoms with Gasteiger partial charge in [-0.15, -0.1) is 0 Å². The van der Waals surface area contributed by atoms with E-state index in [1.54, 1.807) is 25.1 Å². The number of hydrogen-bond donors (Lipinski definition) is 1. The van der Waals surface area contributed by atoms with E-state index in [2.05, 4.69) is 0 Å². The Hall–Kier alpha value is -2.46. The Balaban J connectivity index is 1.79. The zero-order chi connectivity index (χ0) is 19.0. The fourth-order valence-electron chi connectivity index (χ4n) is 4.60. The predicted molar refractivity (Wildman–Crippen MR) is 103 cm³/mol. The lowest BCUT2D eigenvalue weighted by molar-refractivity contribution is -0.0769. The number of amides is 2. The fraction of sp³-hybridized carbons (Fsp3) is 0.391. The zero-order valence-electron chi connectivity index (χ0n) is 15.6. The maximum absolute atomic E-state index is 13.4. The number of imide groups is 1. The van der Waals surface area contributed by atoms with Crippen molar-refractivity contribution in [3.63, 3.8) is 0 Å². The maximum Gasteiger partial charge on any atom is 0.264 e. The third-order valence-electron chi connectivity index (χ3n) is 6.09. The summed E-state index contributed by atoms with van der Waals surface area (Å²) in [5, 5.41) is 11.4. The van der Waals surface area contributed by atoms with Crippen LogP contribution < -0.4 is 0 Å². The van der Waals surface area contributed by atoms with Gasteiger partial charge in [-0.3, -0.25) is 9.59 Å². The van der Waals surface area contributed by atoms with Crippen LogP contribution in [-0.2, 0) is 5.72 Å². The van der Waals surface area contributed by atoms with Crippen LogP contribution in [0.4, 0.5) is 0 Å². The molecule has 1 saturated carbocycles. The summed E-state index contributed by atoms with van der Waals surface area (Å²) in [6.07, 6.45) is 5.88. The van der Waals surface area contributed by atoms with Gasteiger partial charge in [0.2, 0.25) is 0 Å². The summed E-state index contributed by atoms with van der Waals surface area (Å²) in [4.78, 5) is 27.6. The molecule has 1 aliphatic heterocycles. The average molecular weight is 363 g/mol. The van der Waals surface area contributed by atoms with Gasteiger partial charge in [0, 0.05) is 5.56 Å².